The zero-order valence-electron chi connectivity index (χ0n) is 49.9. The Labute approximate surface area is 461 Å². The smallest absolute Gasteiger partial charge is 0.306 e. The van der Waals surface area contributed by atoms with Gasteiger partial charge in [0.2, 0.25) is 0 Å². The average molecular weight is 1040 g/mol. The number of hydrogen-bond donors (Lipinski definition) is 0. The van der Waals surface area contributed by atoms with Gasteiger partial charge in [0.1, 0.15) is 13.2 Å². The molecule has 0 aliphatic rings. The Bertz CT molecular complexity index is 1240. The van der Waals surface area contributed by atoms with Crippen molar-refractivity contribution in [3.63, 3.8) is 0 Å². The van der Waals surface area contributed by atoms with Crippen LogP contribution in [0.5, 0.6) is 0 Å². The van der Waals surface area contributed by atoms with Crippen LogP contribution in [0.15, 0.2) is 36.5 Å². The van der Waals surface area contributed by atoms with E-state index in [-0.39, 0.29) is 31.1 Å². The molecule has 0 rings (SSSR count). The molecule has 0 aromatic rings. The fraction of sp³-hybridized carbons (Fsp3) is 0.868. The molecule has 0 spiro atoms. The Morgan fingerprint density at radius 1 is 0.270 bits per heavy atom. The van der Waals surface area contributed by atoms with E-state index in [9.17, 15) is 14.4 Å². The van der Waals surface area contributed by atoms with E-state index < -0.39 is 6.10 Å². The van der Waals surface area contributed by atoms with Gasteiger partial charge < -0.3 is 14.2 Å². The zero-order valence-corrected chi connectivity index (χ0v) is 49.9. The quantitative estimate of drug-likeness (QED) is 0.0261. The van der Waals surface area contributed by atoms with Gasteiger partial charge in [-0.25, -0.2) is 0 Å². The van der Waals surface area contributed by atoms with Crippen LogP contribution < -0.4 is 0 Å². The maximum absolute atomic E-state index is 12.9. The molecule has 6 heteroatoms. The minimum absolute atomic E-state index is 0.0663. The van der Waals surface area contributed by atoms with Crippen LogP contribution in [0.25, 0.3) is 0 Å². The number of rotatable bonds is 61. The van der Waals surface area contributed by atoms with Gasteiger partial charge in [-0.05, 0) is 57.8 Å². The third-order valence-electron chi connectivity index (χ3n) is 14.9. The molecule has 0 saturated carbocycles. The van der Waals surface area contributed by atoms with Crippen molar-refractivity contribution in [2.45, 2.75) is 367 Å². The molecule has 0 bridgehead atoms. The molecule has 0 aromatic carbocycles. The molecule has 434 valence electrons. The van der Waals surface area contributed by atoms with E-state index in [1.807, 2.05) is 0 Å². The maximum atomic E-state index is 12.9. The van der Waals surface area contributed by atoms with Crippen LogP contribution in [0, 0.1) is 0 Å². The van der Waals surface area contributed by atoms with Gasteiger partial charge in [-0.2, -0.15) is 0 Å². The lowest BCUT2D eigenvalue weighted by atomic mass is 10.0. The van der Waals surface area contributed by atoms with Gasteiger partial charge in [0, 0.05) is 19.3 Å². The highest BCUT2D eigenvalue weighted by Crippen LogP contribution is 2.18. The molecule has 0 aliphatic carbocycles. The molecule has 0 saturated heterocycles. The van der Waals surface area contributed by atoms with Crippen LogP contribution in [-0.4, -0.2) is 37.2 Å². The van der Waals surface area contributed by atoms with Gasteiger partial charge in [-0.1, -0.05) is 320 Å². The fourth-order valence-electron chi connectivity index (χ4n) is 9.92. The highest BCUT2D eigenvalue weighted by atomic mass is 16.6. The van der Waals surface area contributed by atoms with Gasteiger partial charge in [0.15, 0.2) is 6.10 Å². The van der Waals surface area contributed by atoms with Gasteiger partial charge in [-0.3, -0.25) is 14.4 Å². The molecule has 74 heavy (non-hydrogen) atoms. The number of unbranched alkanes of at least 4 members (excludes halogenated alkanes) is 44. The summed E-state index contributed by atoms with van der Waals surface area (Å²) >= 11 is 0. The average Bonchev–Trinajstić information content (AvgIpc) is 3.40. The normalized spacial score (nSPS) is 12.2. The van der Waals surface area contributed by atoms with Crippen molar-refractivity contribution in [2.75, 3.05) is 13.2 Å². The molecule has 1 unspecified atom stereocenters. The molecule has 0 heterocycles. The number of carbonyl (C=O) groups excluding carboxylic acids is 3. The van der Waals surface area contributed by atoms with Crippen molar-refractivity contribution in [1.29, 1.82) is 0 Å². The van der Waals surface area contributed by atoms with E-state index in [2.05, 4.69) is 57.2 Å². The van der Waals surface area contributed by atoms with E-state index in [0.717, 1.165) is 70.6 Å². The fourth-order valence-corrected chi connectivity index (χ4v) is 9.92. The number of hydrogen-bond acceptors (Lipinski definition) is 6. The van der Waals surface area contributed by atoms with Gasteiger partial charge in [-0.15, -0.1) is 0 Å². The summed E-state index contributed by atoms with van der Waals surface area (Å²) in [5.74, 6) is -0.842. The minimum Gasteiger partial charge on any atom is -0.462 e. The summed E-state index contributed by atoms with van der Waals surface area (Å²) in [4.78, 5) is 38.3. The third-order valence-corrected chi connectivity index (χ3v) is 14.9. The van der Waals surface area contributed by atoms with E-state index in [1.165, 1.54) is 250 Å². The van der Waals surface area contributed by atoms with Crippen molar-refractivity contribution >= 4 is 17.9 Å². The molecule has 0 amide bonds. The summed E-state index contributed by atoms with van der Waals surface area (Å²) in [6.07, 6.45) is 77.2. The zero-order chi connectivity index (χ0) is 53.6. The maximum Gasteiger partial charge on any atom is 0.306 e. The lowest BCUT2D eigenvalue weighted by Crippen LogP contribution is -2.30. The highest BCUT2D eigenvalue weighted by Gasteiger charge is 2.19. The molecular formula is C68H126O6. The summed E-state index contributed by atoms with van der Waals surface area (Å²) in [5, 5.41) is 0. The van der Waals surface area contributed by atoms with Crippen LogP contribution in [0.1, 0.15) is 361 Å². The van der Waals surface area contributed by atoms with E-state index in [0.29, 0.717) is 19.3 Å². The molecule has 0 radical (unpaired) electrons. The lowest BCUT2D eigenvalue weighted by Gasteiger charge is -2.18. The lowest BCUT2D eigenvalue weighted by molar-refractivity contribution is -0.167. The Balaban J connectivity index is 4.22. The van der Waals surface area contributed by atoms with Gasteiger partial charge in [0.05, 0.1) is 0 Å². The molecule has 0 fully saturated rings. The van der Waals surface area contributed by atoms with Crippen LogP contribution in [0.4, 0.5) is 0 Å². The monoisotopic (exact) mass is 1040 g/mol. The van der Waals surface area contributed by atoms with Gasteiger partial charge >= 0.3 is 17.9 Å². The molecule has 0 N–H and O–H groups in total. The van der Waals surface area contributed by atoms with Crippen molar-refractivity contribution in [2.24, 2.45) is 0 Å². The minimum atomic E-state index is -0.768. The first-order valence-corrected chi connectivity index (χ1v) is 33.0. The summed E-state index contributed by atoms with van der Waals surface area (Å²) in [6.45, 7) is 6.69. The van der Waals surface area contributed by atoms with E-state index in [4.69, 9.17) is 14.2 Å². The second kappa shape index (κ2) is 63.2. The van der Waals surface area contributed by atoms with Crippen molar-refractivity contribution in [3.05, 3.63) is 36.5 Å². The first kappa shape index (κ1) is 71.6. The summed E-state index contributed by atoms with van der Waals surface area (Å²) in [5.41, 5.74) is 0. The second-order valence-electron chi connectivity index (χ2n) is 22.4. The molecule has 0 aromatic heterocycles. The number of carbonyl (C=O) groups is 3. The summed E-state index contributed by atoms with van der Waals surface area (Å²) < 4.78 is 16.9. The highest BCUT2D eigenvalue weighted by molar-refractivity contribution is 5.71. The molecule has 1 atom stereocenters. The summed E-state index contributed by atoms with van der Waals surface area (Å²) in [6, 6.07) is 0. The van der Waals surface area contributed by atoms with Crippen LogP contribution in [-0.2, 0) is 28.6 Å². The second-order valence-corrected chi connectivity index (χ2v) is 22.4. The predicted octanol–water partition coefficient (Wildman–Crippen LogP) is 22.4. The third kappa shape index (κ3) is 60.5. The molecule has 0 aliphatic heterocycles. The van der Waals surface area contributed by atoms with Crippen molar-refractivity contribution in [3.8, 4) is 0 Å². The Morgan fingerprint density at radius 2 is 0.486 bits per heavy atom. The van der Waals surface area contributed by atoms with Crippen molar-refractivity contribution in [1.82, 2.24) is 0 Å². The largest absolute Gasteiger partial charge is 0.462 e. The number of allylic oxidation sites excluding steroid dienone is 6. The Morgan fingerprint density at radius 3 is 0.757 bits per heavy atom. The summed E-state index contributed by atoms with van der Waals surface area (Å²) in [7, 11) is 0. The van der Waals surface area contributed by atoms with Crippen LogP contribution in [0.3, 0.4) is 0 Å². The van der Waals surface area contributed by atoms with Gasteiger partial charge in [0.25, 0.3) is 0 Å². The van der Waals surface area contributed by atoms with E-state index >= 15 is 0 Å². The number of esters is 3. The number of ether oxygens (including phenoxy) is 3. The first-order chi connectivity index (χ1) is 36.5. The standard InChI is InChI=1S/C68H126O6/c1-4-7-10-13-16-19-22-25-28-29-30-31-32-33-34-35-36-37-38-39-41-43-46-49-52-55-58-61-67(70)73-64-65(63-72-66(69)60-57-54-51-48-45-42-27-24-21-18-15-12-9-6-3)74-68(71)62-59-56-53-50-47-44-40-26-23-20-17-14-11-8-5-2/h22,25,29-30,32-33,65H,4-21,23-24,26-28,31,34-64H2,1-3H3/b25-22-,30-29-,33-32-. The molecule has 6 nitrogen and oxygen atoms in total. The van der Waals surface area contributed by atoms with E-state index in [1.54, 1.807) is 0 Å². The Hall–Kier alpha value is -2.37. The van der Waals surface area contributed by atoms with Crippen molar-refractivity contribution < 1.29 is 28.6 Å². The molecular weight excluding hydrogens is 913 g/mol. The predicted molar refractivity (Wildman–Crippen MR) is 321 cm³/mol. The van der Waals surface area contributed by atoms with Crippen LogP contribution in [0.2, 0.25) is 0 Å². The topological polar surface area (TPSA) is 78.9 Å². The first-order valence-electron chi connectivity index (χ1n) is 33.0. The van der Waals surface area contributed by atoms with Crippen LogP contribution >= 0.6 is 0 Å². The Kier molecular flexibility index (Phi) is 61.1. The SMILES string of the molecule is CCCCCCC/C=C\C/C=C\C/C=C\CCCCCCCCCCCCCCC(=O)OCC(COC(=O)CCCCCCCCCCCCCCCC)OC(=O)CCCCCCCCCCCCCCCCC.